The van der Waals surface area contributed by atoms with Crippen LogP contribution in [-0.2, 0) is 6.42 Å². The molecule has 16 heavy (non-hydrogen) atoms. The fourth-order valence-electron chi connectivity index (χ4n) is 2.30. The molecule has 1 aromatic carbocycles. The fraction of sp³-hybridized carbons (Fsp3) is 0.600. The quantitative estimate of drug-likeness (QED) is 0.675. The molecular formula is C15H25N. The molecule has 1 rings (SSSR count). The zero-order chi connectivity index (χ0) is 11.8. The number of benzene rings is 1. The van der Waals surface area contributed by atoms with Gasteiger partial charge in [-0.1, -0.05) is 51.1 Å². The van der Waals surface area contributed by atoms with Crippen LogP contribution < -0.4 is 0 Å². The molecule has 0 fully saturated rings. The van der Waals surface area contributed by atoms with Gasteiger partial charge in [-0.15, -0.1) is 0 Å². The van der Waals surface area contributed by atoms with Crippen molar-refractivity contribution in [1.82, 2.24) is 4.90 Å². The highest BCUT2D eigenvalue weighted by atomic mass is 15.1. The van der Waals surface area contributed by atoms with Crippen LogP contribution in [0.4, 0.5) is 0 Å². The summed E-state index contributed by atoms with van der Waals surface area (Å²) < 4.78 is 0. The summed E-state index contributed by atoms with van der Waals surface area (Å²) in [6.07, 6.45) is 3.67. The minimum atomic E-state index is 0.701. The van der Waals surface area contributed by atoms with E-state index in [1.807, 2.05) is 0 Å². The lowest BCUT2D eigenvalue weighted by atomic mass is 10.0. The summed E-state index contributed by atoms with van der Waals surface area (Å²) in [4.78, 5) is 2.60. The van der Waals surface area contributed by atoms with E-state index in [4.69, 9.17) is 0 Å². The van der Waals surface area contributed by atoms with E-state index in [-0.39, 0.29) is 0 Å². The van der Waals surface area contributed by atoms with Gasteiger partial charge in [-0.05, 0) is 37.9 Å². The van der Waals surface area contributed by atoms with E-state index < -0.39 is 0 Å². The van der Waals surface area contributed by atoms with Gasteiger partial charge in [0.05, 0.1) is 0 Å². The predicted octanol–water partition coefficient (Wildman–Crippen LogP) is 3.74. The number of rotatable bonds is 7. The maximum atomic E-state index is 2.60. The molecule has 0 bridgehead atoms. The standard InChI is InChI=1S/C15H25N/c1-4-12-16(6-3)15(5-2)13-14-10-8-7-9-11-14/h7-11,15H,4-6,12-13H2,1-3H3. The van der Waals surface area contributed by atoms with Crippen LogP contribution in [0.3, 0.4) is 0 Å². The third kappa shape index (κ3) is 3.97. The Hall–Kier alpha value is -0.820. The first-order valence-electron chi connectivity index (χ1n) is 6.59. The van der Waals surface area contributed by atoms with Gasteiger partial charge in [-0.3, -0.25) is 0 Å². The first-order chi connectivity index (χ1) is 7.81. The molecule has 0 aromatic heterocycles. The second-order valence-electron chi connectivity index (χ2n) is 4.38. The Kier molecular flexibility index (Phi) is 6.17. The van der Waals surface area contributed by atoms with Crippen LogP contribution >= 0.6 is 0 Å². The summed E-state index contributed by atoms with van der Waals surface area (Å²) in [5.74, 6) is 0. The summed E-state index contributed by atoms with van der Waals surface area (Å²) in [6, 6.07) is 11.5. The van der Waals surface area contributed by atoms with Crippen molar-refractivity contribution in [2.45, 2.75) is 46.1 Å². The van der Waals surface area contributed by atoms with E-state index >= 15 is 0 Å². The molecule has 0 radical (unpaired) electrons. The normalized spacial score (nSPS) is 13.0. The third-order valence-electron chi connectivity index (χ3n) is 3.22. The molecule has 0 saturated carbocycles. The van der Waals surface area contributed by atoms with Crippen molar-refractivity contribution in [3.63, 3.8) is 0 Å². The highest BCUT2D eigenvalue weighted by Crippen LogP contribution is 2.12. The van der Waals surface area contributed by atoms with Crippen LogP contribution in [0.5, 0.6) is 0 Å². The van der Waals surface area contributed by atoms with Gasteiger partial charge >= 0.3 is 0 Å². The average Bonchev–Trinajstić information content (AvgIpc) is 2.35. The Morgan fingerprint density at radius 1 is 1.06 bits per heavy atom. The Balaban J connectivity index is 2.60. The lowest BCUT2D eigenvalue weighted by Gasteiger charge is -2.29. The van der Waals surface area contributed by atoms with Crippen LogP contribution in [0.2, 0.25) is 0 Å². The van der Waals surface area contributed by atoms with Gasteiger partial charge in [-0.2, -0.15) is 0 Å². The van der Waals surface area contributed by atoms with Gasteiger partial charge in [0.2, 0.25) is 0 Å². The molecule has 0 amide bonds. The van der Waals surface area contributed by atoms with E-state index in [2.05, 4.69) is 56.0 Å². The largest absolute Gasteiger partial charge is 0.300 e. The van der Waals surface area contributed by atoms with E-state index in [0.717, 1.165) is 0 Å². The van der Waals surface area contributed by atoms with E-state index in [9.17, 15) is 0 Å². The molecule has 1 unspecified atom stereocenters. The third-order valence-corrected chi connectivity index (χ3v) is 3.22. The Bertz CT molecular complexity index is 268. The van der Waals surface area contributed by atoms with Crippen molar-refractivity contribution in [3.8, 4) is 0 Å². The van der Waals surface area contributed by atoms with Crippen LogP contribution in [0.1, 0.15) is 39.2 Å². The van der Waals surface area contributed by atoms with Crippen LogP contribution in [0, 0.1) is 0 Å². The highest BCUT2D eigenvalue weighted by Gasteiger charge is 2.14. The minimum Gasteiger partial charge on any atom is -0.300 e. The molecular weight excluding hydrogens is 194 g/mol. The molecule has 0 aliphatic heterocycles. The Labute approximate surface area is 100 Å². The molecule has 0 aliphatic carbocycles. The van der Waals surface area contributed by atoms with E-state index in [0.29, 0.717) is 6.04 Å². The summed E-state index contributed by atoms with van der Waals surface area (Å²) in [5, 5.41) is 0. The topological polar surface area (TPSA) is 3.24 Å². The smallest absolute Gasteiger partial charge is 0.0133 e. The summed E-state index contributed by atoms with van der Waals surface area (Å²) in [5.41, 5.74) is 1.46. The number of hydrogen-bond donors (Lipinski definition) is 0. The van der Waals surface area contributed by atoms with Crippen molar-refractivity contribution in [2.24, 2.45) is 0 Å². The van der Waals surface area contributed by atoms with E-state index in [1.54, 1.807) is 0 Å². The van der Waals surface area contributed by atoms with Crippen molar-refractivity contribution >= 4 is 0 Å². The fourth-order valence-corrected chi connectivity index (χ4v) is 2.30. The average molecular weight is 219 g/mol. The molecule has 0 spiro atoms. The second-order valence-corrected chi connectivity index (χ2v) is 4.38. The summed E-state index contributed by atoms with van der Waals surface area (Å²) in [6.45, 7) is 9.22. The molecule has 90 valence electrons. The first-order valence-corrected chi connectivity index (χ1v) is 6.59. The Morgan fingerprint density at radius 3 is 2.25 bits per heavy atom. The van der Waals surface area contributed by atoms with Crippen LogP contribution in [0.15, 0.2) is 30.3 Å². The molecule has 0 saturated heterocycles. The molecule has 0 aliphatic rings. The minimum absolute atomic E-state index is 0.701. The summed E-state index contributed by atoms with van der Waals surface area (Å²) in [7, 11) is 0. The molecule has 1 nitrogen and oxygen atoms in total. The highest BCUT2D eigenvalue weighted by molar-refractivity contribution is 5.15. The second kappa shape index (κ2) is 7.45. The molecule has 0 heterocycles. The van der Waals surface area contributed by atoms with Crippen LogP contribution in [0.25, 0.3) is 0 Å². The molecule has 1 atom stereocenters. The van der Waals surface area contributed by atoms with Gasteiger partial charge in [0.25, 0.3) is 0 Å². The van der Waals surface area contributed by atoms with Gasteiger partial charge in [-0.25, -0.2) is 0 Å². The Morgan fingerprint density at radius 2 is 1.75 bits per heavy atom. The molecule has 0 N–H and O–H groups in total. The van der Waals surface area contributed by atoms with Crippen molar-refractivity contribution < 1.29 is 0 Å². The monoisotopic (exact) mass is 219 g/mol. The first kappa shape index (κ1) is 13.2. The maximum absolute atomic E-state index is 2.60. The zero-order valence-corrected chi connectivity index (χ0v) is 10.9. The van der Waals surface area contributed by atoms with E-state index in [1.165, 1.54) is 37.9 Å². The lowest BCUT2D eigenvalue weighted by Crippen LogP contribution is -2.36. The van der Waals surface area contributed by atoms with Crippen LogP contribution in [-0.4, -0.2) is 24.0 Å². The number of hydrogen-bond acceptors (Lipinski definition) is 1. The van der Waals surface area contributed by atoms with Crippen molar-refractivity contribution in [1.29, 1.82) is 0 Å². The lowest BCUT2D eigenvalue weighted by molar-refractivity contribution is 0.199. The summed E-state index contributed by atoms with van der Waals surface area (Å²) >= 11 is 0. The van der Waals surface area contributed by atoms with Crippen molar-refractivity contribution in [2.75, 3.05) is 13.1 Å². The zero-order valence-electron chi connectivity index (χ0n) is 10.9. The SMILES string of the molecule is CCCN(CC)C(CC)Cc1ccccc1. The predicted molar refractivity (Wildman–Crippen MR) is 71.8 cm³/mol. The van der Waals surface area contributed by atoms with Gasteiger partial charge in [0.15, 0.2) is 0 Å². The maximum Gasteiger partial charge on any atom is 0.0133 e. The number of nitrogens with zero attached hydrogens (tertiary/aromatic N) is 1. The van der Waals surface area contributed by atoms with Gasteiger partial charge in [0, 0.05) is 6.04 Å². The van der Waals surface area contributed by atoms with Gasteiger partial charge in [0.1, 0.15) is 0 Å². The van der Waals surface area contributed by atoms with Gasteiger partial charge < -0.3 is 4.90 Å². The molecule has 1 heteroatoms. The number of likely N-dealkylation sites (N-methyl/N-ethyl adjacent to an activating group) is 1. The molecule has 1 aromatic rings. The van der Waals surface area contributed by atoms with Crippen molar-refractivity contribution in [3.05, 3.63) is 35.9 Å².